The van der Waals surface area contributed by atoms with Gasteiger partial charge in [0, 0.05) is 19.5 Å². The largest absolute Gasteiger partial charge is 0.369 e. The average Bonchev–Trinajstić information content (AvgIpc) is 2.27. The van der Waals surface area contributed by atoms with Crippen LogP contribution in [0.25, 0.3) is 0 Å². The van der Waals surface area contributed by atoms with Crippen LogP contribution in [0.3, 0.4) is 0 Å². The summed E-state index contributed by atoms with van der Waals surface area (Å²) in [6.07, 6.45) is 1.01. The number of H-pyrrole nitrogens is 1. The Morgan fingerprint density at radius 3 is 3.27 bits per heavy atom. The van der Waals surface area contributed by atoms with E-state index in [1.807, 2.05) is 0 Å². The number of nitrogens with zero attached hydrogens (tertiary/aromatic N) is 2. The van der Waals surface area contributed by atoms with Gasteiger partial charge in [-0.2, -0.15) is 0 Å². The molecule has 4 heteroatoms. The van der Waals surface area contributed by atoms with Gasteiger partial charge >= 0.3 is 0 Å². The monoisotopic (exact) mass is 152 g/mol. The Labute approximate surface area is 65.4 Å². The van der Waals surface area contributed by atoms with Crippen LogP contribution in [0.4, 0.5) is 5.95 Å². The SMILES string of the molecule is CN1CCc2nc(N)[nH]c2C1. The van der Waals surface area contributed by atoms with Gasteiger partial charge in [-0.3, -0.25) is 0 Å². The van der Waals surface area contributed by atoms with E-state index in [1.54, 1.807) is 0 Å². The number of aromatic amines is 1. The normalized spacial score (nSPS) is 18.3. The third-order valence-corrected chi connectivity index (χ3v) is 2.04. The van der Waals surface area contributed by atoms with Crippen molar-refractivity contribution in [1.29, 1.82) is 0 Å². The highest BCUT2D eigenvalue weighted by Crippen LogP contribution is 2.15. The van der Waals surface area contributed by atoms with Crippen molar-refractivity contribution in [2.45, 2.75) is 13.0 Å². The van der Waals surface area contributed by atoms with Gasteiger partial charge in [0.2, 0.25) is 0 Å². The summed E-state index contributed by atoms with van der Waals surface area (Å²) in [7, 11) is 2.10. The van der Waals surface area contributed by atoms with Crippen molar-refractivity contribution >= 4 is 5.95 Å². The zero-order valence-electron chi connectivity index (χ0n) is 6.59. The summed E-state index contributed by atoms with van der Waals surface area (Å²) in [4.78, 5) is 9.48. The molecule has 1 aromatic heterocycles. The van der Waals surface area contributed by atoms with Crippen molar-refractivity contribution in [1.82, 2.24) is 14.9 Å². The predicted molar refractivity (Wildman–Crippen MR) is 43.0 cm³/mol. The van der Waals surface area contributed by atoms with Gasteiger partial charge in [-0.25, -0.2) is 4.98 Å². The molecule has 0 unspecified atom stereocenters. The number of likely N-dealkylation sites (N-methyl/N-ethyl adjacent to an activating group) is 1. The lowest BCUT2D eigenvalue weighted by atomic mass is 10.2. The van der Waals surface area contributed by atoms with Gasteiger partial charge in [0.15, 0.2) is 5.95 Å². The Morgan fingerprint density at radius 2 is 2.45 bits per heavy atom. The maximum Gasteiger partial charge on any atom is 0.197 e. The van der Waals surface area contributed by atoms with E-state index in [9.17, 15) is 0 Å². The fraction of sp³-hybridized carbons (Fsp3) is 0.571. The van der Waals surface area contributed by atoms with E-state index in [0.29, 0.717) is 5.95 Å². The van der Waals surface area contributed by atoms with Crippen LogP contribution in [0.1, 0.15) is 11.4 Å². The lowest BCUT2D eigenvalue weighted by Crippen LogP contribution is -2.26. The van der Waals surface area contributed by atoms with Gasteiger partial charge in [0.05, 0.1) is 11.4 Å². The molecule has 0 fully saturated rings. The standard InChI is InChI=1S/C7H12N4/c1-11-3-2-5-6(4-11)10-7(8)9-5/h2-4H2,1H3,(H3,8,9,10). The minimum atomic E-state index is 0.547. The fourth-order valence-electron chi connectivity index (χ4n) is 1.45. The highest BCUT2D eigenvalue weighted by molar-refractivity contribution is 5.27. The molecule has 0 spiro atoms. The number of hydrogen-bond acceptors (Lipinski definition) is 3. The smallest absolute Gasteiger partial charge is 0.197 e. The molecule has 1 aromatic rings. The molecule has 0 saturated carbocycles. The van der Waals surface area contributed by atoms with Gasteiger partial charge in [-0.1, -0.05) is 0 Å². The summed E-state index contributed by atoms with van der Waals surface area (Å²) in [5, 5.41) is 0. The second kappa shape index (κ2) is 2.23. The molecule has 1 aliphatic heterocycles. The summed E-state index contributed by atoms with van der Waals surface area (Å²) in [6, 6.07) is 0. The Hall–Kier alpha value is -1.03. The predicted octanol–water partition coefficient (Wildman–Crippen LogP) is -0.0202. The van der Waals surface area contributed by atoms with E-state index >= 15 is 0 Å². The fourth-order valence-corrected chi connectivity index (χ4v) is 1.45. The van der Waals surface area contributed by atoms with Crippen LogP contribution in [0.2, 0.25) is 0 Å². The molecule has 2 heterocycles. The maximum atomic E-state index is 5.52. The van der Waals surface area contributed by atoms with Crippen LogP contribution in [-0.4, -0.2) is 28.5 Å². The van der Waals surface area contributed by atoms with Gasteiger partial charge in [-0.15, -0.1) is 0 Å². The van der Waals surface area contributed by atoms with Crippen molar-refractivity contribution in [3.8, 4) is 0 Å². The molecular weight excluding hydrogens is 140 g/mol. The number of nitrogens with two attached hydrogens (primary N) is 1. The van der Waals surface area contributed by atoms with Crippen molar-refractivity contribution in [2.75, 3.05) is 19.3 Å². The van der Waals surface area contributed by atoms with E-state index in [1.165, 1.54) is 5.69 Å². The number of hydrogen-bond donors (Lipinski definition) is 2. The topological polar surface area (TPSA) is 57.9 Å². The molecule has 3 N–H and O–H groups in total. The molecule has 60 valence electrons. The van der Waals surface area contributed by atoms with Crippen molar-refractivity contribution < 1.29 is 0 Å². The number of fused-ring (bicyclic) bond motifs is 1. The van der Waals surface area contributed by atoms with E-state index in [2.05, 4.69) is 21.9 Å². The van der Waals surface area contributed by atoms with E-state index in [0.717, 1.165) is 25.2 Å². The number of rotatable bonds is 0. The van der Waals surface area contributed by atoms with Gasteiger partial charge in [0.25, 0.3) is 0 Å². The average molecular weight is 152 g/mol. The van der Waals surface area contributed by atoms with Crippen LogP contribution < -0.4 is 5.73 Å². The van der Waals surface area contributed by atoms with Gasteiger partial charge in [-0.05, 0) is 7.05 Å². The zero-order chi connectivity index (χ0) is 7.84. The Bertz CT molecular complexity index is 265. The third kappa shape index (κ3) is 1.09. The first-order valence-electron chi connectivity index (χ1n) is 3.77. The Balaban J connectivity index is 2.34. The van der Waals surface area contributed by atoms with E-state index < -0.39 is 0 Å². The first kappa shape index (κ1) is 6.67. The minimum Gasteiger partial charge on any atom is -0.369 e. The number of imidazole rings is 1. The first-order chi connectivity index (χ1) is 5.25. The van der Waals surface area contributed by atoms with Crippen LogP contribution in [0, 0.1) is 0 Å². The van der Waals surface area contributed by atoms with E-state index in [4.69, 9.17) is 5.73 Å². The van der Waals surface area contributed by atoms with Crippen molar-refractivity contribution in [3.63, 3.8) is 0 Å². The minimum absolute atomic E-state index is 0.547. The molecule has 11 heavy (non-hydrogen) atoms. The molecule has 0 amide bonds. The summed E-state index contributed by atoms with van der Waals surface area (Å²) in [5.41, 5.74) is 7.84. The molecule has 0 radical (unpaired) electrons. The second-order valence-corrected chi connectivity index (χ2v) is 3.04. The van der Waals surface area contributed by atoms with Crippen LogP contribution in [0.5, 0.6) is 0 Å². The molecule has 0 saturated heterocycles. The molecular formula is C7H12N4. The molecule has 0 atom stereocenters. The number of nitrogen functional groups attached to an aromatic ring is 1. The summed E-state index contributed by atoms with van der Waals surface area (Å²) in [6.45, 7) is 2.02. The highest BCUT2D eigenvalue weighted by atomic mass is 15.1. The molecule has 1 aliphatic rings. The van der Waals surface area contributed by atoms with Gasteiger partial charge in [0.1, 0.15) is 0 Å². The van der Waals surface area contributed by atoms with Crippen LogP contribution in [0.15, 0.2) is 0 Å². The molecule has 2 rings (SSSR count). The quantitative estimate of drug-likeness (QED) is 0.549. The lowest BCUT2D eigenvalue weighted by Gasteiger charge is -2.20. The zero-order valence-corrected chi connectivity index (χ0v) is 6.59. The second-order valence-electron chi connectivity index (χ2n) is 3.04. The number of nitrogens with one attached hydrogen (secondary N) is 1. The summed E-state index contributed by atoms with van der Waals surface area (Å²) in [5.74, 6) is 0.547. The van der Waals surface area contributed by atoms with Crippen molar-refractivity contribution in [3.05, 3.63) is 11.4 Å². The van der Waals surface area contributed by atoms with Crippen LogP contribution >= 0.6 is 0 Å². The number of anilines is 1. The first-order valence-corrected chi connectivity index (χ1v) is 3.77. The Morgan fingerprint density at radius 1 is 1.64 bits per heavy atom. The van der Waals surface area contributed by atoms with E-state index in [-0.39, 0.29) is 0 Å². The molecule has 0 bridgehead atoms. The Kier molecular flexibility index (Phi) is 1.35. The lowest BCUT2D eigenvalue weighted by molar-refractivity contribution is 0.307. The molecule has 4 nitrogen and oxygen atoms in total. The number of aromatic nitrogens is 2. The maximum absolute atomic E-state index is 5.52. The summed E-state index contributed by atoms with van der Waals surface area (Å²) >= 11 is 0. The summed E-state index contributed by atoms with van der Waals surface area (Å²) < 4.78 is 0. The highest BCUT2D eigenvalue weighted by Gasteiger charge is 2.15. The molecule has 0 aliphatic carbocycles. The van der Waals surface area contributed by atoms with Crippen LogP contribution in [-0.2, 0) is 13.0 Å². The molecule has 0 aromatic carbocycles. The third-order valence-electron chi connectivity index (χ3n) is 2.04. The van der Waals surface area contributed by atoms with Gasteiger partial charge < -0.3 is 15.6 Å². The van der Waals surface area contributed by atoms with Crippen molar-refractivity contribution in [2.24, 2.45) is 0 Å².